The molecule has 0 saturated heterocycles. The molecule has 1 N–H and O–H groups in total. The quantitative estimate of drug-likeness (QED) is 0.839. The van der Waals surface area contributed by atoms with Gasteiger partial charge in [0.05, 0.1) is 11.1 Å². The number of benzene rings is 1. The first-order chi connectivity index (χ1) is 10.9. The largest absolute Gasteiger partial charge is 0.365 e. The van der Waals surface area contributed by atoms with E-state index in [4.69, 9.17) is 12.2 Å². The fraction of sp³-hybridized carbons (Fsp3) is 0.467. The lowest BCUT2D eigenvalue weighted by molar-refractivity contribution is -0.129. The maximum atomic E-state index is 12.9. The van der Waals surface area contributed by atoms with E-state index in [1.54, 1.807) is 31.0 Å². The van der Waals surface area contributed by atoms with Gasteiger partial charge in [-0.25, -0.2) is 0 Å². The molecule has 23 heavy (non-hydrogen) atoms. The van der Waals surface area contributed by atoms with Crippen LogP contribution in [0, 0.1) is 6.92 Å². The molecule has 0 spiro atoms. The Morgan fingerprint density at radius 1 is 1.43 bits per heavy atom. The Morgan fingerprint density at radius 3 is 2.57 bits per heavy atom. The molecule has 0 aliphatic heterocycles. The third-order valence-electron chi connectivity index (χ3n) is 4.11. The Kier molecular flexibility index (Phi) is 5.16. The van der Waals surface area contributed by atoms with Crippen LogP contribution in [0.1, 0.15) is 30.9 Å². The van der Waals surface area contributed by atoms with Gasteiger partial charge in [0, 0.05) is 13.6 Å². The van der Waals surface area contributed by atoms with Crippen LogP contribution in [0.5, 0.6) is 0 Å². The molecule has 0 atom stereocenters. The smallest absolute Gasteiger partial charge is 0.316 e. The highest BCUT2D eigenvalue weighted by atomic mass is 32.2. The highest BCUT2D eigenvalue weighted by Gasteiger charge is 2.53. The molecule has 6 nitrogen and oxygen atoms in total. The summed E-state index contributed by atoms with van der Waals surface area (Å²) in [6.07, 6.45) is 1.44. The molecule has 0 aromatic heterocycles. The number of carbonyl (C=O) groups is 1. The second-order valence-corrected chi connectivity index (χ2v) is 6.50. The fourth-order valence-corrected chi connectivity index (χ4v) is 3.18. The number of likely N-dealkylation sites (N-methyl/N-ethyl adjacent to an activating group) is 1. The molecule has 0 bridgehead atoms. The zero-order valence-electron chi connectivity index (χ0n) is 13.3. The predicted octanol–water partition coefficient (Wildman–Crippen LogP) is 2.07. The molecule has 8 heteroatoms. The number of thiocarbonyl (C=S) groups is 1. The van der Waals surface area contributed by atoms with E-state index < -0.39 is 15.9 Å². The Bertz CT molecular complexity index is 775. The summed E-state index contributed by atoms with van der Waals surface area (Å²) in [6.45, 7) is 4.13. The van der Waals surface area contributed by atoms with Crippen LogP contribution in [0.25, 0.3) is 0 Å². The summed E-state index contributed by atoms with van der Waals surface area (Å²) in [5.74, 6) is -0.0580. The summed E-state index contributed by atoms with van der Waals surface area (Å²) in [5, 5.41) is 3.22. The van der Waals surface area contributed by atoms with Crippen molar-refractivity contribution in [2.24, 2.45) is 4.36 Å². The summed E-state index contributed by atoms with van der Waals surface area (Å²) in [7, 11) is -0.838. The fourth-order valence-electron chi connectivity index (χ4n) is 2.61. The second kappa shape index (κ2) is 6.76. The van der Waals surface area contributed by atoms with Gasteiger partial charge in [0.1, 0.15) is 0 Å². The number of rotatable bonds is 4. The predicted molar refractivity (Wildman–Crippen MR) is 92.1 cm³/mol. The number of carbonyl (C=O) groups excluding carboxylic acids is 1. The van der Waals surface area contributed by atoms with Crippen LogP contribution >= 0.6 is 12.2 Å². The normalized spacial score (nSPS) is 14.7. The van der Waals surface area contributed by atoms with Crippen molar-refractivity contribution >= 4 is 39.4 Å². The lowest BCUT2D eigenvalue weighted by atomic mass is 9.93. The van der Waals surface area contributed by atoms with Crippen LogP contribution in [0.3, 0.4) is 0 Å². The van der Waals surface area contributed by atoms with Crippen LogP contribution in [-0.2, 0) is 20.7 Å². The van der Waals surface area contributed by atoms with Gasteiger partial charge in [-0.05, 0) is 56.1 Å². The molecule has 0 radical (unpaired) electrons. The zero-order valence-corrected chi connectivity index (χ0v) is 14.9. The first-order valence-electron chi connectivity index (χ1n) is 7.31. The Balaban J connectivity index is 2.43. The average molecular weight is 353 g/mol. The Morgan fingerprint density at radius 2 is 2.09 bits per heavy atom. The number of nitrogens with one attached hydrogen (secondary N) is 1. The molecule has 1 aromatic rings. The van der Waals surface area contributed by atoms with Gasteiger partial charge in [-0.3, -0.25) is 9.69 Å². The molecule has 0 unspecified atom stereocenters. The minimum atomic E-state index is -2.52. The van der Waals surface area contributed by atoms with E-state index in [-0.39, 0.29) is 5.91 Å². The SMILES string of the molecule is CCN(C(=O)C1(c2ccc(C)c(N=S(=O)=O)c2)CC1)C(=S)NC. The van der Waals surface area contributed by atoms with Crippen LogP contribution < -0.4 is 5.32 Å². The lowest BCUT2D eigenvalue weighted by Crippen LogP contribution is -2.46. The molecule has 1 saturated carbocycles. The van der Waals surface area contributed by atoms with Gasteiger partial charge in [0.2, 0.25) is 5.91 Å². The van der Waals surface area contributed by atoms with Gasteiger partial charge in [0.25, 0.3) is 0 Å². The van der Waals surface area contributed by atoms with Crippen LogP contribution in [0.2, 0.25) is 0 Å². The van der Waals surface area contributed by atoms with Gasteiger partial charge in [-0.1, -0.05) is 12.1 Å². The Labute approximate surface area is 142 Å². The van der Waals surface area contributed by atoms with E-state index in [0.29, 0.717) is 17.3 Å². The first-order valence-corrected chi connectivity index (χ1v) is 8.75. The molecular weight excluding hydrogens is 334 g/mol. The molecule has 1 fully saturated rings. The van der Waals surface area contributed by atoms with Crippen molar-refractivity contribution in [2.45, 2.75) is 32.1 Å². The van der Waals surface area contributed by atoms with Gasteiger partial charge in [-0.15, -0.1) is 4.36 Å². The molecular formula is C15H19N3O3S2. The monoisotopic (exact) mass is 353 g/mol. The third kappa shape index (κ3) is 3.42. The van der Waals surface area contributed by atoms with Gasteiger partial charge < -0.3 is 5.32 Å². The van der Waals surface area contributed by atoms with E-state index >= 15 is 0 Å². The number of amides is 1. The number of nitrogens with zero attached hydrogens (tertiary/aromatic N) is 2. The van der Waals surface area contributed by atoms with E-state index in [1.807, 2.05) is 13.0 Å². The molecule has 1 amide bonds. The van der Waals surface area contributed by atoms with E-state index in [9.17, 15) is 13.2 Å². The Hall–Kier alpha value is -1.80. The highest BCUT2D eigenvalue weighted by molar-refractivity contribution is 7.80. The number of hydrogen-bond donors (Lipinski definition) is 1. The molecule has 1 aliphatic carbocycles. The van der Waals surface area contributed by atoms with Crippen molar-refractivity contribution < 1.29 is 13.2 Å². The van der Waals surface area contributed by atoms with Gasteiger partial charge in [-0.2, -0.15) is 8.42 Å². The van der Waals surface area contributed by atoms with Gasteiger partial charge in [0.15, 0.2) is 5.11 Å². The minimum absolute atomic E-state index is 0.0580. The van der Waals surface area contributed by atoms with Crippen molar-refractivity contribution in [3.63, 3.8) is 0 Å². The highest BCUT2D eigenvalue weighted by Crippen LogP contribution is 2.50. The first kappa shape index (κ1) is 17.6. The van der Waals surface area contributed by atoms with E-state index in [0.717, 1.165) is 24.0 Å². The van der Waals surface area contributed by atoms with Crippen LogP contribution in [-0.4, -0.2) is 37.9 Å². The maximum Gasteiger partial charge on any atom is 0.316 e. The van der Waals surface area contributed by atoms with Crippen molar-refractivity contribution in [1.29, 1.82) is 0 Å². The minimum Gasteiger partial charge on any atom is -0.365 e. The van der Waals surface area contributed by atoms with Crippen LogP contribution in [0.4, 0.5) is 5.69 Å². The maximum absolute atomic E-state index is 12.9. The lowest BCUT2D eigenvalue weighted by Gasteiger charge is -2.26. The summed E-state index contributed by atoms with van der Waals surface area (Å²) in [6, 6.07) is 5.34. The van der Waals surface area contributed by atoms with Crippen molar-refractivity contribution in [3.8, 4) is 0 Å². The number of aryl methyl sites for hydroxylation is 1. The van der Waals surface area contributed by atoms with Crippen LogP contribution in [0.15, 0.2) is 22.6 Å². The molecule has 1 aliphatic rings. The van der Waals surface area contributed by atoms with Crippen molar-refractivity contribution in [3.05, 3.63) is 29.3 Å². The number of hydrogen-bond acceptors (Lipinski definition) is 5. The van der Waals surface area contributed by atoms with E-state index in [1.165, 1.54) is 0 Å². The summed E-state index contributed by atoms with van der Waals surface area (Å²) in [5.41, 5.74) is 1.28. The molecule has 2 rings (SSSR count). The standard InChI is InChI=1S/C15H19N3O3S2/c1-4-18(14(22)16-3)13(19)15(7-8-15)11-6-5-10(2)12(9-11)17-23(20)21/h5-6,9H,4,7-8H2,1-3H3,(H,16,22). The third-order valence-corrected chi connectivity index (χ3v) is 4.88. The van der Waals surface area contributed by atoms with Gasteiger partial charge >= 0.3 is 10.5 Å². The molecule has 0 heterocycles. The zero-order chi connectivity index (χ0) is 17.2. The summed E-state index contributed by atoms with van der Waals surface area (Å²) in [4.78, 5) is 14.5. The molecule has 124 valence electrons. The second-order valence-electron chi connectivity index (χ2n) is 5.50. The average Bonchev–Trinajstić information content (AvgIpc) is 3.31. The van der Waals surface area contributed by atoms with E-state index in [2.05, 4.69) is 9.68 Å². The summed E-state index contributed by atoms with van der Waals surface area (Å²) < 4.78 is 25.3. The summed E-state index contributed by atoms with van der Waals surface area (Å²) >= 11 is 5.20. The molecule has 1 aromatic carbocycles. The van der Waals surface area contributed by atoms with Crippen molar-refractivity contribution in [1.82, 2.24) is 10.2 Å². The van der Waals surface area contributed by atoms with Crippen molar-refractivity contribution in [2.75, 3.05) is 13.6 Å². The topological polar surface area (TPSA) is 78.8 Å².